The van der Waals surface area contributed by atoms with Gasteiger partial charge >= 0.3 is 0 Å². The standard InChI is InChI=1S/C22H30O2S/c1-15-13-17(9-11-19(15)21(3,4)5)25(23,24)18-10-12-20(16(2)14-18)22(6,7)8/h9-14H,1-8H3. The fourth-order valence-electron chi connectivity index (χ4n) is 3.43. The van der Waals surface area contributed by atoms with Crippen molar-refractivity contribution in [3.8, 4) is 0 Å². The molecular weight excluding hydrogens is 328 g/mol. The Morgan fingerprint density at radius 3 is 1.20 bits per heavy atom. The Morgan fingerprint density at radius 2 is 0.960 bits per heavy atom. The van der Waals surface area contributed by atoms with Gasteiger partial charge in [0.25, 0.3) is 0 Å². The topological polar surface area (TPSA) is 34.1 Å². The maximum absolute atomic E-state index is 13.1. The van der Waals surface area contributed by atoms with E-state index in [9.17, 15) is 8.42 Å². The summed E-state index contributed by atoms with van der Waals surface area (Å²) in [4.78, 5) is 0.724. The van der Waals surface area contributed by atoms with Crippen LogP contribution < -0.4 is 0 Å². The first kappa shape index (κ1) is 19.7. The molecule has 2 nitrogen and oxygen atoms in total. The van der Waals surface area contributed by atoms with Gasteiger partial charge < -0.3 is 0 Å². The SMILES string of the molecule is Cc1cc(S(=O)(=O)c2ccc(C(C)(C)C)c(C)c2)ccc1C(C)(C)C. The van der Waals surface area contributed by atoms with E-state index < -0.39 is 9.84 Å². The van der Waals surface area contributed by atoms with Crippen LogP contribution >= 0.6 is 0 Å². The molecule has 0 aliphatic carbocycles. The predicted octanol–water partition coefficient (Wildman–Crippen LogP) is 5.73. The molecule has 0 radical (unpaired) electrons. The van der Waals surface area contributed by atoms with Crippen molar-refractivity contribution in [3.05, 3.63) is 58.7 Å². The lowest BCUT2D eigenvalue weighted by molar-refractivity contribution is 0.580. The first-order valence-corrected chi connectivity index (χ1v) is 10.2. The molecule has 25 heavy (non-hydrogen) atoms. The number of benzene rings is 2. The summed E-state index contributed by atoms with van der Waals surface area (Å²) in [6.45, 7) is 16.8. The molecule has 0 bridgehead atoms. The van der Waals surface area contributed by atoms with Crippen molar-refractivity contribution in [1.82, 2.24) is 0 Å². The van der Waals surface area contributed by atoms with Gasteiger partial charge in [-0.3, -0.25) is 0 Å². The van der Waals surface area contributed by atoms with Gasteiger partial charge in [-0.15, -0.1) is 0 Å². The lowest BCUT2D eigenvalue weighted by Gasteiger charge is -2.23. The second-order valence-corrected chi connectivity index (χ2v) is 10.9. The van der Waals surface area contributed by atoms with Gasteiger partial charge in [0, 0.05) is 0 Å². The van der Waals surface area contributed by atoms with Crippen LogP contribution in [0.5, 0.6) is 0 Å². The maximum atomic E-state index is 13.1. The molecule has 0 atom stereocenters. The fourth-order valence-corrected chi connectivity index (χ4v) is 4.86. The first-order valence-electron chi connectivity index (χ1n) is 8.72. The average Bonchev–Trinajstić information content (AvgIpc) is 2.44. The van der Waals surface area contributed by atoms with Gasteiger partial charge in [0.2, 0.25) is 9.84 Å². The quantitative estimate of drug-likeness (QED) is 0.687. The third kappa shape index (κ3) is 3.98. The first-order chi connectivity index (χ1) is 11.2. The number of sulfone groups is 1. The van der Waals surface area contributed by atoms with E-state index >= 15 is 0 Å². The minimum Gasteiger partial charge on any atom is -0.219 e. The molecule has 0 saturated carbocycles. The van der Waals surface area contributed by atoms with E-state index in [1.807, 2.05) is 26.0 Å². The molecule has 0 spiro atoms. The van der Waals surface area contributed by atoms with Crippen molar-refractivity contribution in [2.24, 2.45) is 0 Å². The van der Waals surface area contributed by atoms with Crippen LogP contribution in [0.3, 0.4) is 0 Å². The highest BCUT2D eigenvalue weighted by molar-refractivity contribution is 7.91. The Morgan fingerprint density at radius 1 is 0.640 bits per heavy atom. The van der Waals surface area contributed by atoms with Crippen molar-refractivity contribution in [2.75, 3.05) is 0 Å². The Hall–Kier alpha value is -1.61. The normalized spacial score (nSPS) is 13.1. The number of hydrogen-bond donors (Lipinski definition) is 0. The molecule has 0 unspecified atom stereocenters. The van der Waals surface area contributed by atoms with Crippen LogP contribution in [0.2, 0.25) is 0 Å². The highest BCUT2D eigenvalue weighted by atomic mass is 32.2. The lowest BCUT2D eigenvalue weighted by atomic mass is 9.84. The maximum Gasteiger partial charge on any atom is 0.206 e. The van der Waals surface area contributed by atoms with E-state index in [4.69, 9.17) is 0 Å². The summed E-state index contributed by atoms with van der Waals surface area (Å²) in [7, 11) is -3.51. The molecule has 0 saturated heterocycles. The van der Waals surface area contributed by atoms with Crippen LogP contribution in [0.15, 0.2) is 46.2 Å². The third-order valence-corrected chi connectivity index (χ3v) is 6.38. The fraction of sp³-hybridized carbons (Fsp3) is 0.455. The van der Waals surface area contributed by atoms with Crippen molar-refractivity contribution >= 4 is 9.84 Å². The molecule has 2 aromatic rings. The summed E-state index contributed by atoms with van der Waals surface area (Å²) in [5, 5.41) is 0. The van der Waals surface area contributed by atoms with Crippen molar-refractivity contribution in [2.45, 2.75) is 76.0 Å². The second kappa shape index (κ2) is 6.28. The molecule has 2 rings (SSSR count). The van der Waals surface area contributed by atoms with Crippen LogP contribution in [0.1, 0.15) is 63.8 Å². The Bertz CT molecular complexity index is 823. The summed E-state index contributed by atoms with van der Waals surface area (Å²) in [6, 6.07) is 10.9. The summed E-state index contributed by atoms with van der Waals surface area (Å²) >= 11 is 0. The Kier molecular flexibility index (Phi) is 4.95. The van der Waals surface area contributed by atoms with E-state index in [0.29, 0.717) is 9.79 Å². The van der Waals surface area contributed by atoms with E-state index in [0.717, 1.165) is 11.1 Å². The minimum absolute atomic E-state index is 0.00266. The van der Waals surface area contributed by atoms with E-state index in [1.165, 1.54) is 11.1 Å². The van der Waals surface area contributed by atoms with Gasteiger partial charge in [-0.05, 0) is 71.2 Å². The zero-order chi connectivity index (χ0) is 19.2. The molecule has 0 aromatic heterocycles. The highest BCUT2D eigenvalue weighted by Crippen LogP contribution is 2.32. The van der Waals surface area contributed by atoms with Crippen molar-refractivity contribution in [3.63, 3.8) is 0 Å². The van der Waals surface area contributed by atoms with Gasteiger partial charge in [-0.2, -0.15) is 0 Å². The largest absolute Gasteiger partial charge is 0.219 e. The average molecular weight is 359 g/mol. The predicted molar refractivity (Wildman–Crippen MR) is 105 cm³/mol. The summed E-state index contributed by atoms with van der Waals surface area (Å²) in [5.74, 6) is 0. The smallest absolute Gasteiger partial charge is 0.206 e. The van der Waals surface area contributed by atoms with Crippen LogP contribution in [-0.4, -0.2) is 8.42 Å². The molecule has 2 aromatic carbocycles. The van der Waals surface area contributed by atoms with Crippen LogP contribution in [0, 0.1) is 13.8 Å². The molecule has 0 amide bonds. The van der Waals surface area contributed by atoms with Gasteiger partial charge in [0.05, 0.1) is 9.79 Å². The van der Waals surface area contributed by atoms with Crippen LogP contribution in [0.25, 0.3) is 0 Å². The monoisotopic (exact) mass is 358 g/mol. The molecule has 0 heterocycles. The van der Waals surface area contributed by atoms with E-state index in [1.54, 1.807) is 24.3 Å². The van der Waals surface area contributed by atoms with Gasteiger partial charge in [0.15, 0.2) is 0 Å². The van der Waals surface area contributed by atoms with Crippen molar-refractivity contribution < 1.29 is 8.42 Å². The number of aryl methyl sites for hydroxylation is 2. The zero-order valence-electron chi connectivity index (χ0n) is 16.7. The van der Waals surface area contributed by atoms with Crippen molar-refractivity contribution in [1.29, 1.82) is 0 Å². The lowest BCUT2D eigenvalue weighted by Crippen LogP contribution is -2.15. The Labute approximate surface area is 153 Å². The highest BCUT2D eigenvalue weighted by Gasteiger charge is 2.23. The van der Waals surface area contributed by atoms with E-state index in [-0.39, 0.29) is 10.8 Å². The summed E-state index contributed by atoms with van der Waals surface area (Å²) in [5.41, 5.74) is 4.36. The third-order valence-electron chi connectivity index (χ3n) is 4.63. The summed E-state index contributed by atoms with van der Waals surface area (Å²) in [6.07, 6.45) is 0. The molecule has 136 valence electrons. The Balaban J connectivity index is 2.53. The van der Waals surface area contributed by atoms with Gasteiger partial charge in [-0.1, -0.05) is 53.7 Å². The van der Waals surface area contributed by atoms with Crippen LogP contribution in [0.4, 0.5) is 0 Å². The summed E-state index contributed by atoms with van der Waals surface area (Å²) < 4.78 is 26.1. The molecule has 3 heteroatoms. The van der Waals surface area contributed by atoms with Gasteiger partial charge in [-0.25, -0.2) is 8.42 Å². The molecule has 0 fully saturated rings. The van der Waals surface area contributed by atoms with Crippen LogP contribution in [-0.2, 0) is 20.7 Å². The number of hydrogen-bond acceptors (Lipinski definition) is 2. The van der Waals surface area contributed by atoms with Gasteiger partial charge in [0.1, 0.15) is 0 Å². The molecule has 0 aliphatic heterocycles. The molecule has 0 N–H and O–H groups in total. The molecular formula is C22H30O2S. The minimum atomic E-state index is -3.51. The van der Waals surface area contributed by atoms with E-state index in [2.05, 4.69) is 41.5 Å². The molecule has 0 aliphatic rings. The number of rotatable bonds is 2. The zero-order valence-corrected chi connectivity index (χ0v) is 17.5. The second-order valence-electron chi connectivity index (χ2n) is 8.96.